The molecule has 5 rings (SSSR count). The molecule has 0 saturated heterocycles. The van der Waals surface area contributed by atoms with Gasteiger partial charge < -0.3 is 24.4 Å². The summed E-state index contributed by atoms with van der Waals surface area (Å²) in [6.07, 6.45) is 0. The summed E-state index contributed by atoms with van der Waals surface area (Å²) >= 11 is 0. The number of ether oxygens (including phenoxy) is 3. The number of carbonyl (C=O) groups excluding carboxylic acids is 1. The van der Waals surface area contributed by atoms with E-state index in [2.05, 4.69) is 5.32 Å². The molecular weight excluding hydrogens is 459 g/mol. The standard InChI is InChI=1S/C29H31FN2O4/c1-29(2,3)28(33)32-23-14-26-25(35-18-36-26)13-22(23)27(31-15-20-10-7-11-21(30)12-20)24(32)17-34-16-19-8-5-4-6-9-19/h4-14,24,27,31H,15-18H2,1-3H3/t24-,27+/m1/s1. The number of hydrogen-bond acceptors (Lipinski definition) is 5. The van der Waals surface area contributed by atoms with Crippen LogP contribution in [0.5, 0.6) is 11.5 Å². The van der Waals surface area contributed by atoms with E-state index in [4.69, 9.17) is 14.2 Å². The molecule has 1 N–H and O–H groups in total. The molecule has 0 unspecified atom stereocenters. The lowest BCUT2D eigenvalue weighted by atomic mass is 9.94. The van der Waals surface area contributed by atoms with Gasteiger partial charge in [0.25, 0.3) is 0 Å². The average molecular weight is 491 g/mol. The number of carbonyl (C=O) groups is 1. The van der Waals surface area contributed by atoms with Crippen molar-refractivity contribution in [3.8, 4) is 11.5 Å². The number of benzene rings is 3. The van der Waals surface area contributed by atoms with Crippen molar-refractivity contribution in [1.82, 2.24) is 5.32 Å². The maximum absolute atomic E-state index is 13.8. The smallest absolute Gasteiger partial charge is 0.232 e. The topological polar surface area (TPSA) is 60.0 Å². The van der Waals surface area contributed by atoms with Gasteiger partial charge in [0.1, 0.15) is 5.82 Å². The lowest BCUT2D eigenvalue weighted by Crippen LogP contribution is -2.49. The first kappa shape index (κ1) is 24.3. The lowest BCUT2D eigenvalue weighted by Gasteiger charge is -2.33. The van der Waals surface area contributed by atoms with E-state index in [1.165, 1.54) is 12.1 Å². The van der Waals surface area contributed by atoms with Crippen LogP contribution in [0.2, 0.25) is 0 Å². The fraction of sp³-hybridized carbons (Fsp3) is 0.345. The van der Waals surface area contributed by atoms with Gasteiger partial charge in [-0.3, -0.25) is 4.79 Å². The van der Waals surface area contributed by atoms with E-state index in [1.807, 2.05) is 74.2 Å². The van der Waals surface area contributed by atoms with Crippen molar-refractivity contribution in [1.29, 1.82) is 0 Å². The molecular formula is C29H31FN2O4. The Morgan fingerprint density at radius 2 is 1.75 bits per heavy atom. The molecule has 2 atom stereocenters. The van der Waals surface area contributed by atoms with Crippen molar-refractivity contribution in [2.45, 2.75) is 46.0 Å². The van der Waals surface area contributed by atoms with E-state index < -0.39 is 5.41 Å². The summed E-state index contributed by atoms with van der Waals surface area (Å²) in [5.74, 6) is 0.985. The van der Waals surface area contributed by atoms with Gasteiger partial charge in [-0.2, -0.15) is 0 Å². The molecule has 0 radical (unpaired) electrons. The van der Waals surface area contributed by atoms with E-state index in [0.717, 1.165) is 22.4 Å². The van der Waals surface area contributed by atoms with Crippen molar-refractivity contribution < 1.29 is 23.4 Å². The monoisotopic (exact) mass is 490 g/mol. The van der Waals surface area contributed by atoms with Crippen molar-refractivity contribution in [2.75, 3.05) is 18.3 Å². The summed E-state index contributed by atoms with van der Waals surface area (Å²) in [5, 5.41) is 3.57. The fourth-order valence-electron chi connectivity index (χ4n) is 4.72. The second kappa shape index (κ2) is 9.91. The highest BCUT2D eigenvalue weighted by Gasteiger charge is 2.45. The van der Waals surface area contributed by atoms with Crippen LogP contribution in [0.15, 0.2) is 66.7 Å². The molecule has 3 aromatic carbocycles. The van der Waals surface area contributed by atoms with Crippen molar-refractivity contribution in [2.24, 2.45) is 5.41 Å². The number of halogens is 1. The summed E-state index contributed by atoms with van der Waals surface area (Å²) in [4.78, 5) is 15.6. The minimum atomic E-state index is -0.608. The average Bonchev–Trinajstić information content (AvgIpc) is 3.42. The van der Waals surface area contributed by atoms with Gasteiger partial charge in [-0.15, -0.1) is 0 Å². The third-order valence-electron chi connectivity index (χ3n) is 6.51. The first-order valence-electron chi connectivity index (χ1n) is 12.2. The van der Waals surface area contributed by atoms with Crippen molar-refractivity contribution in [3.05, 3.63) is 89.2 Å². The molecule has 0 saturated carbocycles. The van der Waals surface area contributed by atoms with Crippen molar-refractivity contribution >= 4 is 11.6 Å². The second-order valence-corrected chi connectivity index (χ2v) is 10.2. The number of hydrogen-bond donors (Lipinski definition) is 1. The zero-order valence-corrected chi connectivity index (χ0v) is 20.8. The number of anilines is 1. The summed E-state index contributed by atoms with van der Waals surface area (Å²) in [6.45, 7) is 7.08. The molecule has 2 heterocycles. The van der Waals surface area contributed by atoms with Crippen LogP contribution in [-0.4, -0.2) is 25.3 Å². The van der Waals surface area contributed by atoms with Gasteiger partial charge in [-0.1, -0.05) is 63.2 Å². The predicted molar refractivity (Wildman–Crippen MR) is 135 cm³/mol. The Balaban J connectivity index is 1.48. The normalized spacial score (nSPS) is 18.4. The van der Waals surface area contributed by atoms with Crippen LogP contribution in [0, 0.1) is 11.2 Å². The Bertz CT molecular complexity index is 1240. The van der Waals surface area contributed by atoms with Crippen LogP contribution in [-0.2, 0) is 22.7 Å². The van der Waals surface area contributed by atoms with E-state index in [-0.39, 0.29) is 30.6 Å². The SMILES string of the molecule is CC(C)(C)C(=O)N1c2cc3c(cc2[C@H](NCc2cccc(F)c2)[C@H]1COCc1ccccc1)OCO3. The van der Waals surface area contributed by atoms with Gasteiger partial charge in [0.2, 0.25) is 12.7 Å². The van der Waals surface area contributed by atoms with Gasteiger partial charge in [-0.25, -0.2) is 4.39 Å². The molecule has 0 fully saturated rings. The van der Waals surface area contributed by atoms with Gasteiger partial charge >= 0.3 is 0 Å². The Morgan fingerprint density at radius 3 is 2.47 bits per heavy atom. The lowest BCUT2D eigenvalue weighted by molar-refractivity contribution is -0.126. The first-order chi connectivity index (χ1) is 17.3. The van der Waals surface area contributed by atoms with Crippen LogP contribution in [0.25, 0.3) is 0 Å². The third-order valence-corrected chi connectivity index (χ3v) is 6.51. The number of nitrogens with one attached hydrogen (secondary N) is 1. The number of amides is 1. The molecule has 3 aromatic rings. The van der Waals surface area contributed by atoms with Gasteiger partial charge in [0.05, 0.1) is 31.0 Å². The summed E-state index contributed by atoms with van der Waals surface area (Å²) in [6, 6.07) is 19.7. The molecule has 6 nitrogen and oxygen atoms in total. The molecule has 1 amide bonds. The van der Waals surface area contributed by atoms with Crippen LogP contribution in [0.4, 0.5) is 10.1 Å². The zero-order valence-electron chi connectivity index (χ0n) is 20.8. The molecule has 0 spiro atoms. The molecule has 0 aliphatic carbocycles. The Kier molecular flexibility index (Phi) is 6.69. The van der Waals surface area contributed by atoms with Crippen molar-refractivity contribution in [3.63, 3.8) is 0 Å². The molecule has 0 bridgehead atoms. The quantitative estimate of drug-likeness (QED) is 0.483. The van der Waals surface area contributed by atoms with Gasteiger partial charge in [0, 0.05) is 18.0 Å². The first-order valence-corrected chi connectivity index (χ1v) is 12.2. The third kappa shape index (κ3) is 4.94. The highest BCUT2D eigenvalue weighted by Crippen LogP contribution is 2.48. The number of nitrogens with zero attached hydrogens (tertiary/aromatic N) is 1. The highest BCUT2D eigenvalue weighted by atomic mass is 19.1. The largest absolute Gasteiger partial charge is 0.454 e. The summed E-state index contributed by atoms with van der Waals surface area (Å²) in [7, 11) is 0. The van der Waals surface area contributed by atoms with E-state index >= 15 is 0 Å². The Hall–Kier alpha value is -3.42. The van der Waals surface area contributed by atoms with Gasteiger partial charge in [0.15, 0.2) is 11.5 Å². The summed E-state index contributed by atoms with van der Waals surface area (Å²) < 4.78 is 31.3. The molecule has 188 valence electrons. The van der Waals surface area contributed by atoms with Crippen LogP contribution in [0.3, 0.4) is 0 Å². The fourth-order valence-corrected chi connectivity index (χ4v) is 4.72. The molecule has 36 heavy (non-hydrogen) atoms. The highest BCUT2D eigenvalue weighted by molar-refractivity contribution is 6.00. The van der Waals surface area contributed by atoms with Crippen LogP contribution >= 0.6 is 0 Å². The number of fused-ring (bicyclic) bond motifs is 2. The molecule has 2 aliphatic heterocycles. The minimum Gasteiger partial charge on any atom is -0.454 e. The maximum atomic E-state index is 13.8. The maximum Gasteiger partial charge on any atom is 0.232 e. The van der Waals surface area contributed by atoms with Crippen LogP contribution < -0.4 is 19.7 Å². The number of rotatable bonds is 7. The molecule has 0 aromatic heterocycles. The Morgan fingerprint density at radius 1 is 1.03 bits per heavy atom. The molecule has 2 aliphatic rings. The molecule has 7 heteroatoms. The van der Waals surface area contributed by atoms with Gasteiger partial charge in [-0.05, 0) is 34.9 Å². The second-order valence-electron chi connectivity index (χ2n) is 10.2. The minimum absolute atomic E-state index is 0.00835. The van der Waals surface area contributed by atoms with E-state index in [0.29, 0.717) is 31.3 Å². The van der Waals surface area contributed by atoms with E-state index in [9.17, 15) is 9.18 Å². The Labute approximate surface area is 211 Å². The van der Waals surface area contributed by atoms with E-state index in [1.54, 1.807) is 6.07 Å². The summed E-state index contributed by atoms with van der Waals surface area (Å²) in [5.41, 5.74) is 2.99. The predicted octanol–water partition coefficient (Wildman–Crippen LogP) is 5.36. The zero-order chi connectivity index (χ0) is 25.3. The van der Waals surface area contributed by atoms with Crippen LogP contribution in [0.1, 0.15) is 43.5 Å².